The quantitative estimate of drug-likeness (QED) is 0.240. The second kappa shape index (κ2) is 10.4. The van der Waals surface area contributed by atoms with Crippen LogP contribution in [0.15, 0.2) is 36.4 Å². The molecule has 0 unspecified atom stereocenters. The highest BCUT2D eigenvalue weighted by Gasteiger charge is 2.29. The molecule has 0 bridgehead atoms. The zero-order valence-corrected chi connectivity index (χ0v) is 21.7. The van der Waals surface area contributed by atoms with Crippen LogP contribution in [0.4, 0.5) is 10.1 Å². The van der Waals surface area contributed by atoms with Crippen LogP contribution in [-0.4, -0.2) is 44.7 Å². The summed E-state index contributed by atoms with van der Waals surface area (Å²) in [6.07, 6.45) is 0. The SMILES string of the molecule is CCOC(=O)c1c(C)nc2sc(C(=O)c3ccc(F)cc3)c(N)c2c1-c1cc(OC)c(OC)c(OC)c1. The van der Waals surface area contributed by atoms with Crippen molar-refractivity contribution in [1.29, 1.82) is 0 Å². The van der Waals surface area contributed by atoms with Gasteiger partial charge in [-0.15, -0.1) is 11.3 Å². The third kappa shape index (κ3) is 4.55. The fourth-order valence-corrected chi connectivity index (χ4v) is 5.25. The van der Waals surface area contributed by atoms with Crippen molar-refractivity contribution < 1.29 is 32.9 Å². The first-order valence-corrected chi connectivity index (χ1v) is 12.1. The standard InChI is InChI=1S/C27H25FN2O6S/c1-6-36-27(32)19-13(2)30-26-21(20(19)15-11-17(33-3)24(35-5)18(12-15)34-4)22(29)25(37-26)23(31)14-7-9-16(28)10-8-14/h7-12H,6,29H2,1-5H3. The molecular weight excluding hydrogens is 499 g/mol. The summed E-state index contributed by atoms with van der Waals surface area (Å²) in [5, 5.41) is 0.415. The minimum absolute atomic E-state index is 0.149. The average Bonchev–Trinajstić information content (AvgIpc) is 3.22. The van der Waals surface area contributed by atoms with Crippen LogP contribution in [0, 0.1) is 12.7 Å². The van der Waals surface area contributed by atoms with E-state index in [1.807, 2.05) is 0 Å². The molecule has 10 heteroatoms. The van der Waals surface area contributed by atoms with Gasteiger partial charge in [-0.25, -0.2) is 14.2 Å². The number of methoxy groups -OCH3 is 3. The lowest BCUT2D eigenvalue weighted by molar-refractivity contribution is 0.0526. The third-order valence-corrected chi connectivity index (χ3v) is 6.90. The number of aromatic nitrogens is 1. The van der Waals surface area contributed by atoms with Crippen LogP contribution in [0.5, 0.6) is 17.2 Å². The Labute approximate surface area is 216 Å². The van der Waals surface area contributed by atoms with Gasteiger partial charge in [0.05, 0.1) is 44.9 Å². The molecular formula is C27H25FN2O6S. The second-order valence-corrected chi connectivity index (χ2v) is 8.94. The number of carbonyl (C=O) groups is 2. The minimum Gasteiger partial charge on any atom is -0.493 e. The van der Waals surface area contributed by atoms with Crippen molar-refractivity contribution in [1.82, 2.24) is 4.98 Å². The Morgan fingerprint density at radius 1 is 1.03 bits per heavy atom. The first-order valence-electron chi connectivity index (χ1n) is 11.3. The monoisotopic (exact) mass is 524 g/mol. The highest BCUT2D eigenvalue weighted by molar-refractivity contribution is 7.21. The van der Waals surface area contributed by atoms with Gasteiger partial charge in [0, 0.05) is 16.5 Å². The molecule has 0 aliphatic carbocycles. The van der Waals surface area contributed by atoms with Crippen molar-refractivity contribution in [2.24, 2.45) is 0 Å². The molecule has 0 saturated heterocycles. The van der Waals surface area contributed by atoms with Gasteiger partial charge in [-0.05, 0) is 55.8 Å². The van der Waals surface area contributed by atoms with E-state index in [4.69, 9.17) is 24.7 Å². The molecule has 0 spiro atoms. The zero-order valence-electron chi connectivity index (χ0n) is 20.9. The maximum absolute atomic E-state index is 13.4. The molecule has 0 aliphatic heterocycles. The first-order chi connectivity index (χ1) is 17.7. The number of nitrogens with zero attached hydrogens (tertiary/aromatic N) is 1. The van der Waals surface area contributed by atoms with Gasteiger partial charge in [0.1, 0.15) is 15.5 Å². The van der Waals surface area contributed by atoms with Crippen LogP contribution in [-0.2, 0) is 4.74 Å². The summed E-state index contributed by atoms with van der Waals surface area (Å²) in [5.41, 5.74) is 8.55. The number of carbonyl (C=O) groups excluding carboxylic acids is 2. The van der Waals surface area contributed by atoms with Crippen molar-refractivity contribution in [2.75, 3.05) is 33.7 Å². The van der Waals surface area contributed by atoms with Crippen LogP contribution in [0.3, 0.4) is 0 Å². The predicted octanol–water partition coefficient (Wildman–Crippen LogP) is 5.43. The van der Waals surface area contributed by atoms with E-state index in [-0.39, 0.29) is 34.1 Å². The molecule has 2 aromatic carbocycles. The molecule has 0 saturated carbocycles. The average molecular weight is 525 g/mol. The highest BCUT2D eigenvalue weighted by Crippen LogP contribution is 2.47. The number of aryl methyl sites for hydroxylation is 1. The lowest BCUT2D eigenvalue weighted by atomic mass is 9.94. The number of rotatable bonds is 8. The van der Waals surface area contributed by atoms with Gasteiger partial charge in [-0.3, -0.25) is 4.79 Å². The summed E-state index contributed by atoms with van der Waals surface area (Å²) < 4.78 is 35.3. The summed E-state index contributed by atoms with van der Waals surface area (Å²) >= 11 is 1.10. The first kappa shape index (κ1) is 25.9. The maximum Gasteiger partial charge on any atom is 0.340 e. The van der Waals surface area contributed by atoms with Crippen LogP contribution < -0.4 is 19.9 Å². The number of nitrogen functional groups attached to an aromatic ring is 1. The van der Waals surface area contributed by atoms with E-state index in [9.17, 15) is 14.0 Å². The normalized spacial score (nSPS) is 10.9. The number of hydrogen-bond donors (Lipinski definition) is 1. The lowest BCUT2D eigenvalue weighted by Crippen LogP contribution is -2.11. The maximum atomic E-state index is 13.4. The second-order valence-electron chi connectivity index (χ2n) is 7.94. The van der Waals surface area contributed by atoms with Crippen molar-refractivity contribution in [2.45, 2.75) is 13.8 Å². The van der Waals surface area contributed by atoms with Gasteiger partial charge >= 0.3 is 5.97 Å². The van der Waals surface area contributed by atoms with Crippen LogP contribution in [0.2, 0.25) is 0 Å². The van der Waals surface area contributed by atoms with Gasteiger partial charge in [0.15, 0.2) is 11.5 Å². The van der Waals surface area contributed by atoms with Crippen molar-refractivity contribution in [3.8, 4) is 28.4 Å². The number of benzene rings is 2. The summed E-state index contributed by atoms with van der Waals surface area (Å²) in [6, 6.07) is 8.58. The fraction of sp³-hybridized carbons (Fsp3) is 0.222. The minimum atomic E-state index is -0.588. The van der Waals surface area contributed by atoms with Gasteiger partial charge in [0.25, 0.3) is 0 Å². The Balaban J connectivity index is 2.08. The Kier molecular flexibility index (Phi) is 7.30. The number of ether oxygens (including phenoxy) is 4. The van der Waals surface area contributed by atoms with Crippen LogP contribution in [0.25, 0.3) is 21.3 Å². The van der Waals surface area contributed by atoms with Crippen molar-refractivity contribution in [3.63, 3.8) is 0 Å². The largest absolute Gasteiger partial charge is 0.493 e. The Morgan fingerprint density at radius 3 is 2.19 bits per heavy atom. The van der Waals surface area contributed by atoms with Crippen LogP contribution >= 0.6 is 11.3 Å². The summed E-state index contributed by atoms with van der Waals surface area (Å²) in [5.74, 6) is -0.320. The van der Waals surface area contributed by atoms with E-state index in [0.29, 0.717) is 44.3 Å². The number of pyridine rings is 1. The molecule has 0 radical (unpaired) electrons. The molecule has 192 valence electrons. The molecule has 0 aliphatic rings. The Morgan fingerprint density at radius 2 is 1.65 bits per heavy atom. The van der Waals surface area contributed by atoms with Crippen molar-refractivity contribution >= 4 is 39.0 Å². The molecule has 0 amide bonds. The fourth-order valence-electron chi connectivity index (χ4n) is 4.13. The number of hydrogen-bond acceptors (Lipinski definition) is 9. The number of halogens is 1. The van der Waals surface area contributed by atoms with E-state index < -0.39 is 11.8 Å². The van der Waals surface area contributed by atoms with E-state index in [0.717, 1.165) is 11.3 Å². The third-order valence-electron chi connectivity index (χ3n) is 5.80. The molecule has 2 N–H and O–H groups in total. The Hall–Kier alpha value is -4.18. The Bertz CT molecular complexity index is 1490. The van der Waals surface area contributed by atoms with Crippen molar-refractivity contribution in [3.05, 3.63) is 63.9 Å². The van der Waals surface area contributed by atoms with Gasteiger partial charge in [-0.1, -0.05) is 0 Å². The molecule has 4 rings (SSSR count). The summed E-state index contributed by atoms with van der Waals surface area (Å²) in [4.78, 5) is 31.7. The smallest absolute Gasteiger partial charge is 0.340 e. The molecule has 4 aromatic rings. The summed E-state index contributed by atoms with van der Waals surface area (Å²) in [6.45, 7) is 3.54. The molecule has 37 heavy (non-hydrogen) atoms. The molecule has 0 atom stereocenters. The lowest BCUT2D eigenvalue weighted by Gasteiger charge is -2.17. The predicted molar refractivity (Wildman–Crippen MR) is 140 cm³/mol. The van der Waals surface area contributed by atoms with Gasteiger partial charge in [0.2, 0.25) is 11.5 Å². The topological polar surface area (TPSA) is 110 Å². The number of esters is 1. The van der Waals surface area contributed by atoms with Gasteiger partial charge < -0.3 is 24.7 Å². The summed E-state index contributed by atoms with van der Waals surface area (Å²) in [7, 11) is 4.46. The number of fused-ring (bicyclic) bond motifs is 1. The van der Waals surface area contributed by atoms with Gasteiger partial charge in [-0.2, -0.15) is 0 Å². The van der Waals surface area contributed by atoms with E-state index in [1.54, 1.807) is 26.0 Å². The zero-order chi connectivity index (χ0) is 26.9. The highest BCUT2D eigenvalue weighted by atomic mass is 32.1. The van der Waals surface area contributed by atoms with Crippen LogP contribution in [0.1, 0.15) is 38.2 Å². The van der Waals surface area contributed by atoms with E-state index in [2.05, 4.69) is 4.98 Å². The number of thiophene rings is 1. The van der Waals surface area contributed by atoms with E-state index in [1.165, 1.54) is 45.6 Å². The number of ketones is 1. The molecule has 2 aromatic heterocycles. The van der Waals surface area contributed by atoms with E-state index >= 15 is 0 Å². The number of nitrogens with two attached hydrogens (primary N) is 1. The molecule has 0 fully saturated rings. The molecule has 8 nitrogen and oxygen atoms in total. The number of anilines is 1. The molecule has 2 heterocycles.